The van der Waals surface area contributed by atoms with Gasteiger partial charge in [-0.25, -0.2) is 0 Å². The van der Waals surface area contributed by atoms with E-state index in [1.165, 1.54) is 11.1 Å². The molecule has 1 aliphatic rings. The number of hydrogen-bond donors (Lipinski definition) is 2. The van der Waals surface area contributed by atoms with Gasteiger partial charge in [-0.1, -0.05) is 49.4 Å². The molecule has 3 rings (SSSR count). The van der Waals surface area contributed by atoms with Gasteiger partial charge in [-0.2, -0.15) is 0 Å². The van der Waals surface area contributed by atoms with Crippen molar-refractivity contribution < 1.29 is 9.84 Å². The Morgan fingerprint density at radius 1 is 1.10 bits per heavy atom. The maximum absolute atomic E-state index is 9.08. The molecule has 3 heteroatoms. The van der Waals surface area contributed by atoms with E-state index in [0.29, 0.717) is 12.0 Å². The first-order valence-electron chi connectivity index (χ1n) is 7.41. The van der Waals surface area contributed by atoms with Crippen LogP contribution in [0.25, 0.3) is 0 Å². The van der Waals surface area contributed by atoms with E-state index < -0.39 is 0 Å². The Morgan fingerprint density at radius 3 is 2.57 bits per heavy atom. The molecule has 2 atom stereocenters. The lowest BCUT2D eigenvalue weighted by Crippen LogP contribution is -2.33. The van der Waals surface area contributed by atoms with Gasteiger partial charge in [0.1, 0.15) is 5.75 Å². The van der Waals surface area contributed by atoms with Gasteiger partial charge in [0.05, 0.1) is 13.2 Å². The highest BCUT2D eigenvalue weighted by Gasteiger charge is 2.26. The lowest BCUT2D eigenvalue weighted by Gasteiger charge is -2.32. The zero-order valence-electron chi connectivity index (χ0n) is 12.3. The Morgan fingerprint density at radius 2 is 1.81 bits per heavy atom. The fourth-order valence-corrected chi connectivity index (χ4v) is 2.79. The molecule has 2 aromatic carbocycles. The van der Waals surface area contributed by atoms with E-state index in [2.05, 4.69) is 36.5 Å². The number of para-hydroxylation sites is 1. The highest BCUT2D eigenvalue weighted by atomic mass is 16.5. The summed E-state index contributed by atoms with van der Waals surface area (Å²) in [5.74, 6) is 1.43. The van der Waals surface area contributed by atoms with Crippen molar-refractivity contribution in [3.8, 4) is 5.75 Å². The van der Waals surface area contributed by atoms with Crippen molar-refractivity contribution >= 4 is 0 Å². The predicted octanol–water partition coefficient (Wildman–Crippen LogP) is 3.04. The van der Waals surface area contributed by atoms with Gasteiger partial charge in [0.2, 0.25) is 0 Å². The Labute approximate surface area is 125 Å². The Bertz CT molecular complexity index is 594. The summed E-state index contributed by atoms with van der Waals surface area (Å²) in [5.41, 5.74) is 3.41. The molecule has 0 radical (unpaired) electrons. The molecule has 0 saturated carbocycles. The quantitative estimate of drug-likeness (QED) is 0.906. The molecule has 3 nitrogen and oxygen atoms in total. The molecule has 1 aliphatic heterocycles. The van der Waals surface area contributed by atoms with Crippen LogP contribution in [0.2, 0.25) is 0 Å². The predicted molar refractivity (Wildman–Crippen MR) is 83.0 cm³/mol. The van der Waals surface area contributed by atoms with Gasteiger partial charge >= 0.3 is 0 Å². The molecule has 0 amide bonds. The topological polar surface area (TPSA) is 41.5 Å². The van der Waals surface area contributed by atoms with E-state index in [9.17, 15) is 0 Å². The molecular formula is C18H21NO2. The van der Waals surface area contributed by atoms with Crippen molar-refractivity contribution in [1.29, 1.82) is 0 Å². The van der Waals surface area contributed by atoms with E-state index in [0.717, 1.165) is 24.5 Å². The van der Waals surface area contributed by atoms with Gasteiger partial charge in [-0.05, 0) is 17.2 Å². The number of aliphatic hydroxyl groups excluding tert-OH is 1. The van der Waals surface area contributed by atoms with Crippen molar-refractivity contribution in [3.05, 3.63) is 65.2 Å². The molecule has 0 aliphatic carbocycles. The largest absolute Gasteiger partial charge is 0.493 e. The minimum absolute atomic E-state index is 0.0953. The number of hydrogen-bond acceptors (Lipinski definition) is 3. The molecule has 1 heterocycles. The van der Waals surface area contributed by atoms with Crippen LogP contribution in [-0.4, -0.2) is 11.7 Å². The molecular weight excluding hydrogens is 262 g/mol. The molecule has 2 unspecified atom stereocenters. The number of benzene rings is 2. The SMILES string of the molecule is CC1COc2ccccc2C1NCc1ccc(CO)cc1. The van der Waals surface area contributed by atoms with Crippen LogP contribution in [-0.2, 0) is 13.2 Å². The molecule has 2 aromatic rings. The molecule has 21 heavy (non-hydrogen) atoms. The van der Waals surface area contributed by atoms with Gasteiger partial charge in [0.25, 0.3) is 0 Å². The van der Waals surface area contributed by atoms with Crippen LogP contribution >= 0.6 is 0 Å². The maximum atomic E-state index is 9.08. The van der Waals surface area contributed by atoms with Crippen LogP contribution in [0.1, 0.15) is 29.7 Å². The smallest absolute Gasteiger partial charge is 0.124 e. The third kappa shape index (κ3) is 3.09. The Balaban J connectivity index is 1.72. The van der Waals surface area contributed by atoms with Crippen molar-refractivity contribution in [2.75, 3.05) is 6.61 Å². The molecule has 0 saturated heterocycles. The van der Waals surface area contributed by atoms with E-state index in [4.69, 9.17) is 9.84 Å². The lowest BCUT2D eigenvalue weighted by atomic mass is 9.92. The third-order valence-electron chi connectivity index (χ3n) is 4.06. The van der Waals surface area contributed by atoms with Crippen LogP contribution in [0.15, 0.2) is 48.5 Å². The van der Waals surface area contributed by atoms with E-state index in [-0.39, 0.29) is 6.61 Å². The number of nitrogens with one attached hydrogen (secondary N) is 1. The van der Waals surface area contributed by atoms with Crippen molar-refractivity contribution in [3.63, 3.8) is 0 Å². The van der Waals surface area contributed by atoms with E-state index in [1.54, 1.807) is 0 Å². The summed E-state index contributed by atoms with van der Waals surface area (Å²) in [5, 5.41) is 12.7. The van der Waals surface area contributed by atoms with Gasteiger partial charge in [0.15, 0.2) is 0 Å². The molecule has 0 aromatic heterocycles. The average molecular weight is 283 g/mol. The van der Waals surface area contributed by atoms with Gasteiger partial charge < -0.3 is 15.2 Å². The normalized spacial score (nSPS) is 20.7. The summed E-state index contributed by atoms with van der Waals surface area (Å²) in [6.07, 6.45) is 0. The van der Waals surface area contributed by atoms with Crippen LogP contribution in [0, 0.1) is 5.92 Å². The fraction of sp³-hybridized carbons (Fsp3) is 0.333. The van der Waals surface area contributed by atoms with Crippen molar-refractivity contribution in [2.24, 2.45) is 5.92 Å². The van der Waals surface area contributed by atoms with Crippen LogP contribution < -0.4 is 10.1 Å². The van der Waals surface area contributed by atoms with Gasteiger partial charge in [-0.3, -0.25) is 0 Å². The van der Waals surface area contributed by atoms with E-state index >= 15 is 0 Å². The lowest BCUT2D eigenvalue weighted by molar-refractivity contribution is 0.188. The second-order valence-corrected chi connectivity index (χ2v) is 5.66. The van der Waals surface area contributed by atoms with Crippen LogP contribution in [0.5, 0.6) is 5.75 Å². The molecule has 0 bridgehead atoms. The Hall–Kier alpha value is -1.84. The zero-order valence-corrected chi connectivity index (χ0v) is 12.3. The monoisotopic (exact) mass is 283 g/mol. The van der Waals surface area contributed by atoms with Gasteiger partial charge in [0, 0.05) is 24.1 Å². The molecule has 0 fully saturated rings. The number of aliphatic hydroxyl groups is 1. The first-order valence-corrected chi connectivity index (χ1v) is 7.41. The summed E-state index contributed by atoms with van der Waals surface area (Å²) < 4.78 is 5.78. The Kier molecular flexibility index (Phi) is 4.23. The summed E-state index contributed by atoms with van der Waals surface area (Å²) in [4.78, 5) is 0. The minimum Gasteiger partial charge on any atom is -0.493 e. The minimum atomic E-state index is 0.0953. The van der Waals surface area contributed by atoms with Crippen molar-refractivity contribution in [1.82, 2.24) is 5.32 Å². The molecule has 2 N–H and O–H groups in total. The molecule has 0 spiro atoms. The summed E-state index contributed by atoms with van der Waals surface area (Å²) >= 11 is 0. The summed E-state index contributed by atoms with van der Waals surface area (Å²) in [7, 11) is 0. The first-order chi connectivity index (χ1) is 10.3. The maximum Gasteiger partial charge on any atom is 0.124 e. The summed E-state index contributed by atoms with van der Waals surface area (Å²) in [6.45, 7) is 3.87. The number of fused-ring (bicyclic) bond motifs is 1. The fourth-order valence-electron chi connectivity index (χ4n) is 2.79. The zero-order chi connectivity index (χ0) is 14.7. The van der Waals surface area contributed by atoms with E-state index in [1.807, 2.05) is 24.3 Å². The average Bonchev–Trinajstić information content (AvgIpc) is 2.54. The van der Waals surface area contributed by atoms with Crippen molar-refractivity contribution in [2.45, 2.75) is 26.1 Å². The third-order valence-corrected chi connectivity index (χ3v) is 4.06. The van der Waals surface area contributed by atoms with Crippen LogP contribution in [0.3, 0.4) is 0 Å². The standard InChI is InChI=1S/C18H21NO2/c1-13-12-21-17-5-3-2-4-16(17)18(13)19-10-14-6-8-15(11-20)9-7-14/h2-9,13,18-20H,10-12H2,1H3. The number of rotatable bonds is 4. The highest BCUT2D eigenvalue weighted by Crippen LogP contribution is 2.35. The highest BCUT2D eigenvalue weighted by molar-refractivity contribution is 5.38. The summed E-state index contributed by atoms with van der Waals surface area (Å²) in [6, 6.07) is 16.6. The second-order valence-electron chi connectivity index (χ2n) is 5.66. The number of ether oxygens (including phenoxy) is 1. The first kappa shape index (κ1) is 14.1. The van der Waals surface area contributed by atoms with Crippen LogP contribution in [0.4, 0.5) is 0 Å². The molecule has 110 valence electrons. The van der Waals surface area contributed by atoms with Gasteiger partial charge in [-0.15, -0.1) is 0 Å². The second kappa shape index (κ2) is 6.29.